The Morgan fingerprint density at radius 1 is 1.19 bits per heavy atom. The number of nitrogens with two attached hydrogens (primary N) is 1. The van der Waals surface area contributed by atoms with Crippen LogP contribution in [-0.4, -0.2) is 14.9 Å². The minimum absolute atomic E-state index is 0.393. The topological polar surface area (TPSA) is 111 Å². The molecule has 3 rings (SSSR count). The lowest BCUT2D eigenvalue weighted by molar-refractivity contribution is -0.199. The minimum atomic E-state index is 0.393. The van der Waals surface area contributed by atoms with Gasteiger partial charge < -0.3 is 4.18 Å². The maximum Gasteiger partial charge on any atom is 0.260 e. The fraction of sp³-hybridized carbons (Fsp3) is 0.0625. The normalized spacial score (nSPS) is 10.4. The van der Waals surface area contributed by atoms with Crippen LogP contribution in [0.25, 0.3) is 0 Å². The highest BCUT2D eigenvalue weighted by atomic mass is 35.5. The zero-order valence-electron chi connectivity index (χ0n) is 13.7. The van der Waals surface area contributed by atoms with Crippen molar-refractivity contribution < 1.29 is 13.5 Å². The first-order valence-electron chi connectivity index (χ1n) is 7.49. The van der Waals surface area contributed by atoms with Gasteiger partial charge in [-0.3, -0.25) is 5.01 Å². The molecule has 0 aliphatic heterocycles. The van der Waals surface area contributed by atoms with Crippen LogP contribution < -0.4 is 15.1 Å². The highest BCUT2D eigenvalue weighted by molar-refractivity contribution is 7.90. The van der Waals surface area contributed by atoms with Crippen molar-refractivity contribution in [2.24, 2.45) is 5.90 Å². The number of rotatable bonds is 8. The Kier molecular flexibility index (Phi) is 6.48. The van der Waals surface area contributed by atoms with Crippen molar-refractivity contribution in [3.8, 4) is 11.8 Å². The molecule has 0 aliphatic rings. The molecular weight excluding hydrogens is 392 g/mol. The van der Waals surface area contributed by atoms with Crippen molar-refractivity contribution in [1.82, 2.24) is 14.9 Å². The van der Waals surface area contributed by atoms with Crippen molar-refractivity contribution in [3.05, 3.63) is 71.3 Å². The molecule has 1 heterocycles. The van der Waals surface area contributed by atoms with Crippen molar-refractivity contribution in [1.29, 1.82) is 5.26 Å². The van der Waals surface area contributed by atoms with E-state index in [2.05, 4.69) is 25.6 Å². The molecule has 27 heavy (non-hydrogen) atoms. The first kappa shape index (κ1) is 19.0. The van der Waals surface area contributed by atoms with Crippen LogP contribution in [0.1, 0.15) is 11.1 Å². The quantitative estimate of drug-likeness (QED) is 0.262. The summed E-state index contributed by atoms with van der Waals surface area (Å²) in [5, 5.41) is 19.0. The van der Waals surface area contributed by atoms with E-state index in [1.54, 1.807) is 41.6 Å². The lowest BCUT2D eigenvalue weighted by atomic mass is 10.2. The summed E-state index contributed by atoms with van der Waals surface area (Å²) in [5.41, 5.74) is 2.34. The molecule has 2 N–H and O–H groups in total. The van der Waals surface area contributed by atoms with Gasteiger partial charge in [0.25, 0.3) is 12.3 Å². The number of benzene rings is 2. The Morgan fingerprint density at radius 3 is 2.56 bits per heavy atom. The highest BCUT2D eigenvalue weighted by Gasteiger charge is 2.12. The molecular formula is C16H13ClN6O3S. The maximum atomic E-state index is 8.98. The average Bonchev–Trinajstić information content (AvgIpc) is 3.22. The summed E-state index contributed by atoms with van der Waals surface area (Å²) in [7, 11) is 0. The van der Waals surface area contributed by atoms with E-state index in [9.17, 15) is 0 Å². The summed E-state index contributed by atoms with van der Waals surface area (Å²) in [6.07, 6.45) is 3.16. The molecule has 0 atom stereocenters. The van der Waals surface area contributed by atoms with Gasteiger partial charge in [0.1, 0.15) is 12.7 Å². The van der Waals surface area contributed by atoms with Gasteiger partial charge in [-0.2, -0.15) is 11.2 Å². The third-order valence-electron chi connectivity index (χ3n) is 3.50. The van der Waals surface area contributed by atoms with Crippen LogP contribution in [-0.2, 0) is 15.9 Å². The molecule has 0 aliphatic carbocycles. The summed E-state index contributed by atoms with van der Waals surface area (Å²) in [6, 6.07) is 14.6. The zero-order valence-corrected chi connectivity index (χ0v) is 15.3. The second-order valence-electron chi connectivity index (χ2n) is 5.14. The summed E-state index contributed by atoms with van der Waals surface area (Å²) >= 11 is 6.80. The molecule has 11 heteroatoms. The van der Waals surface area contributed by atoms with Crippen LogP contribution in [0.5, 0.6) is 5.75 Å². The minimum Gasteiger partial charge on any atom is -0.397 e. The predicted molar refractivity (Wildman–Crippen MR) is 98.8 cm³/mol. The van der Waals surface area contributed by atoms with Crippen LogP contribution >= 0.6 is 23.9 Å². The van der Waals surface area contributed by atoms with Crippen molar-refractivity contribution in [3.63, 3.8) is 0 Å². The van der Waals surface area contributed by atoms with E-state index in [0.717, 1.165) is 11.3 Å². The van der Waals surface area contributed by atoms with Crippen molar-refractivity contribution in [2.75, 3.05) is 5.01 Å². The van der Waals surface area contributed by atoms with E-state index in [4.69, 9.17) is 26.9 Å². The van der Waals surface area contributed by atoms with Gasteiger partial charge in [-0.05, 0) is 42.0 Å². The SMILES string of the molecule is N#Cc1ccc(N(Cc2ccc(OSOON)c(Cl)c2)n2cnnc2)cc1. The van der Waals surface area contributed by atoms with Crippen LogP contribution in [0, 0.1) is 11.3 Å². The Balaban J connectivity index is 1.82. The Bertz CT molecular complexity index is 917. The molecule has 1 aromatic heterocycles. The highest BCUT2D eigenvalue weighted by Crippen LogP contribution is 2.29. The van der Waals surface area contributed by atoms with Crippen molar-refractivity contribution in [2.45, 2.75) is 6.54 Å². The number of hydrogen-bond donors (Lipinski definition) is 1. The van der Waals surface area contributed by atoms with Crippen LogP contribution in [0.4, 0.5) is 5.69 Å². The molecule has 2 aromatic carbocycles. The average molecular weight is 405 g/mol. The summed E-state index contributed by atoms with van der Waals surface area (Å²) in [5.74, 6) is 5.14. The lowest BCUT2D eigenvalue weighted by Crippen LogP contribution is -2.27. The number of hydrogen-bond acceptors (Lipinski definition) is 9. The van der Waals surface area contributed by atoms with Gasteiger partial charge in [0, 0.05) is 0 Å². The van der Waals surface area contributed by atoms with Gasteiger partial charge in [0.05, 0.1) is 28.9 Å². The van der Waals surface area contributed by atoms with E-state index in [1.165, 1.54) is 0 Å². The monoisotopic (exact) mass is 404 g/mol. The Morgan fingerprint density at radius 2 is 1.93 bits per heavy atom. The van der Waals surface area contributed by atoms with E-state index in [0.29, 0.717) is 35.2 Å². The largest absolute Gasteiger partial charge is 0.397 e. The molecule has 0 amide bonds. The molecule has 0 saturated carbocycles. The van der Waals surface area contributed by atoms with Gasteiger partial charge >= 0.3 is 0 Å². The van der Waals surface area contributed by atoms with Crippen LogP contribution in [0.2, 0.25) is 5.02 Å². The lowest BCUT2D eigenvalue weighted by Gasteiger charge is -2.25. The number of anilines is 1. The van der Waals surface area contributed by atoms with E-state index < -0.39 is 0 Å². The number of nitriles is 1. The third kappa shape index (κ3) is 4.88. The summed E-state index contributed by atoms with van der Waals surface area (Å²) in [6.45, 7) is 0.472. The summed E-state index contributed by atoms with van der Waals surface area (Å²) < 4.78 is 11.3. The smallest absolute Gasteiger partial charge is 0.260 e. The fourth-order valence-corrected chi connectivity index (χ4v) is 2.85. The van der Waals surface area contributed by atoms with Gasteiger partial charge in [-0.25, -0.2) is 4.68 Å². The molecule has 9 nitrogen and oxygen atoms in total. The number of halogens is 1. The van der Waals surface area contributed by atoms with Gasteiger partial charge in [0.15, 0.2) is 5.75 Å². The van der Waals surface area contributed by atoms with Gasteiger partial charge in [0.2, 0.25) is 0 Å². The maximum absolute atomic E-state index is 8.98. The second-order valence-corrected chi connectivity index (χ2v) is 5.98. The van der Waals surface area contributed by atoms with E-state index in [-0.39, 0.29) is 0 Å². The summed E-state index contributed by atoms with van der Waals surface area (Å²) in [4.78, 5) is 3.94. The first-order chi connectivity index (χ1) is 13.2. The van der Waals surface area contributed by atoms with Gasteiger partial charge in [-0.15, -0.1) is 19.5 Å². The standard InChI is InChI=1S/C16H13ClN6O3S/c17-15-7-13(3-6-16(15)24-27-26-25-19)9-23(22-10-20-21-11-22)14-4-1-12(8-18)2-5-14/h1-7,10-11H,9,19H2. The van der Waals surface area contributed by atoms with Crippen LogP contribution in [0.3, 0.4) is 0 Å². The molecule has 0 radical (unpaired) electrons. The molecule has 138 valence electrons. The fourth-order valence-electron chi connectivity index (χ4n) is 2.28. The molecule has 0 bridgehead atoms. The Hall–Kier alpha value is -2.81. The molecule has 0 saturated heterocycles. The molecule has 0 fully saturated rings. The second kappa shape index (κ2) is 9.22. The zero-order chi connectivity index (χ0) is 19.1. The Labute approximate surface area is 164 Å². The van der Waals surface area contributed by atoms with Gasteiger partial charge in [-0.1, -0.05) is 17.7 Å². The van der Waals surface area contributed by atoms with E-state index in [1.807, 2.05) is 23.2 Å². The molecule has 3 aromatic rings. The molecule has 0 spiro atoms. The molecule has 0 unspecified atom stereocenters. The van der Waals surface area contributed by atoms with Crippen molar-refractivity contribution >= 4 is 29.6 Å². The predicted octanol–water partition coefficient (Wildman–Crippen LogP) is 3.04. The first-order valence-corrected chi connectivity index (χ1v) is 8.53. The van der Waals surface area contributed by atoms with Crippen LogP contribution in [0.15, 0.2) is 55.1 Å². The third-order valence-corrected chi connectivity index (χ3v) is 4.18. The van der Waals surface area contributed by atoms with E-state index >= 15 is 0 Å². The number of nitrogens with zero attached hydrogens (tertiary/aromatic N) is 5. The number of aromatic nitrogens is 3.